The molecule has 0 bridgehead atoms. The van der Waals surface area contributed by atoms with E-state index in [1.165, 1.54) is 0 Å². The zero-order chi connectivity index (χ0) is 18.3. The number of carbonyl (C=O) groups is 2. The van der Waals surface area contributed by atoms with Gasteiger partial charge in [0, 0.05) is 16.6 Å². The largest absolute Gasteiger partial charge is 0.444 e. The van der Waals surface area contributed by atoms with Crippen LogP contribution >= 0.6 is 15.9 Å². The maximum absolute atomic E-state index is 12.1. The Bertz CT molecular complexity index is 754. The minimum Gasteiger partial charge on any atom is -0.444 e. The highest BCUT2D eigenvalue weighted by Crippen LogP contribution is 2.54. The second-order valence-corrected chi connectivity index (χ2v) is 10.0. The van der Waals surface area contributed by atoms with Gasteiger partial charge in [-0.25, -0.2) is 13.2 Å². The van der Waals surface area contributed by atoms with Crippen molar-refractivity contribution in [3.8, 4) is 0 Å². The fourth-order valence-electron chi connectivity index (χ4n) is 2.90. The summed E-state index contributed by atoms with van der Waals surface area (Å²) in [6, 6.07) is 6.98. The number of amides is 1. The van der Waals surface area contributed by atoms with Crippen molar-refractivity contribution >= 4 is 38.1 Å². The lowest BCUT2D eigenvalue weighted by atomic mass is 10.1. The molecule has 2 rings (SSSR count). The molecule has 6 nitrogen and oxygen atoms in total. The lowest BCUT2D eigenvalue weighted by molar-refractivity contribution is -0.110. The standard InChI is InChI=1S/C16H20BrNO5S/c1-15(2,3)23-14(20)18-16(9-19)12(13(16)24(4,21)22)10-5-7-11(17)8-6-10/h5-9,12-13H,1-4H3,(H,18,20)/t12-,13-,16-/m1/s1. The molecule has 1 saturated carbocycles. The monoisotopic (exact) mass is 417 g/mol. The summed E-state index contributed by atoms with van der Waals surface area (Å²) >= 11 is 3.31. The lowest BCUT2D eigenvalue weighted by Crippen LogP contribution is -2.45. The zero-order valence-electron chi connectivity index (χ0n) is 13.9. The molecular formula is C16H20BrNO5S. The van der Waals surface area contributed by atoms with E-state index in [-0.39, 0.29) is 0 Å². The molecule has 1 aliphatic rings. The van der Waals surface area contributed by atoms with Gasteiger partial charge >= 0.3 is 6.09 Å². The Labute approximate surface area is 150 Å². The van der Waals surface area contributed by atoms with Crippen molar-refractivity contribution in [3.63, 3.8) is 0 Å². The smallest absolute Gasteiger partial charge is 0.408 e. The molecule has 1 aliphatic carbocycles. The minimum atomic E-state index is -3.56. The number of hydrogen-bond acceptors (Lipinski definition) is 5. The molecule has 0 aliphatic heterocycles. The quantitative estimate of drug-likeness (QED) is 0.759. The third kappa shape index (κ3) is 3.80. The Kier molecular flexibility index (Phi) is 4.85. The Hall–Kier alpha value is -1.41. The zero-order valence-corrected chi connectivity index (χ0v) is 16.3. The maximum Gasteiger partial charge on any atom is 0.408 e. The highest BCUT2D eigenvalue weighted by molar-refractivity contribution is 9.10. The Morgan fingerprint density at radius 3 is 2.25 bits per heavy atom. The highest BCUT2D eigenvalue weighted by atomic mass is 79.9. The molecular weight excluding hydrogens is 398 g/mol. The second-order valence-electron chi connectivity index (χ2n) is 6.96. The van der Waals surface area contributed by atoms with Crippen LogP contribution in [0.4, 0.5) is 4.79 Å². The lowest BCUT2D eigenvalue weighted by Gasteiger charge is -2.22. The number of nitrogens with one attached hydrogen (secondary N) is 1. The summed E-state index contributed by atoms with van der Waals surface area (Å²) in [7, 11) is -3.56. The van der Waals surface area contributed by atoms with Gasteiger partial charge < -0.3 is 14.8 Å². The first kappa shape index (κ1) is 18.9. The van der Waals surface area contributed by atoms with Gasteiger partial charge in [-0.3, -0.25) is 0 Å². The molecule has 0 unspecified atom stereocenters. The predicted octanol–water partition coefficient (Wildman–Crippen LogP) is 2.42. The van der Waals surface area contributed by atoms with E-state index in [4.69, 9.17) is 4.74 Å². The van der Waals surface area contributed by atoms with Gasteiger partial charge in [0.2, 0.25) is 0 Å². The number of hydrogen-bond donors (Lipinski definition) is 1. The number of sulfone groups is 1. The Balaban J connectivity index is 2.36. The number of aldehydes is 1. The van der Waals surface area contributed by atoms with E-state index in [2.05, 4.69) is 21.2 Å². The molecule has 0 radical (unpaired) electrons. The summed E-state index contributed by atoms with van der Waals surface area (Å²) < 4.78 is 30.3. The molecule has 8 heteroatoms. The van der Waals surface area contributed by atoms with Gasteiger partial charge in [0.05, 0.1) is 0 Å². The summed E-state index contributed by atoms with van der Waals surface area (Å²) in [6.45, 7) is 5.06. The van der Waals surface area contributed by atoms with Crippen molar-refractivity contribution in [2.45, 2.75) is 43.1 Å². The summed E-state index contributed by atoms with van der Waals surface area (Å²) in [5, 5.41) is 1.46. The first-order chi connectivity index (χ1) is 10.9. The summed E-state index contributed by atoms with van der Waals surface area (Å²) in [4.78, 5) is 23.8. The van der Waals surface area contributed by atoms with E-state index in [9.17, 15) is 18.0 Å². The van der Waals surface area contributed by atoms with Gasteiger partial charge in [-0.1, -0.05) is 28.1 Å². The average Bonchev–Trinajstić information content (AvgIpc) is 3.06. The molecule has 1 amide bonds. The van der Waals surface area contributed by atoms with Gasteiger partial charge in [-0.05, 0) is 38.5 Å². The number of benzene rings is 1. The van der Waals surface area contributed by atoms with Crippen molar-refractivity contribution in [1.82, 2.24) is 5.32 Å². The van der Waals surface area contributed by atoms with Crippen molar-refractivity contribution in [2.24, 2.45) is 0 Å². The number of ether oxygens (including phenoxy) is 1. The molecule has 0 spiro atoms. The van der Waals surface area contributed by atoms with Gasteiger partial charge in [-0.2, -0.15) is 0 Å². The molecule has 24 heavy (non-hydrogen) atoms. The topological polar surface area (TPSA) is 89.5 Å². The van der Waals surface area contributed by atoms with Crippen LogP contribution in [0.15, 0.2) is 28.7 Å². The first-order valence-corrected chi connectivity index (χ1v) is 10.1. The second kappa shape index (κ2) is 6.15. The first-order valence-electron chi connectivity index (χ1n) is 7.32. The number of rotatable bonds is 4. The van der Waals surface area contributed by atoms with Crippen LogP contribution in [-0.2, 0) is 19.4 Å². The SMILES string of the molecule is CC(C)(C)OC(=O)N[C@]1(C=O)[C@H](c2ccc(Br)cc2)[C@H]1S(C)(=O)=O. The average molecular weight is 418 g/mol. The number of halogens is 1. The normalized spacial score (nSPS) is 26.5. The van der Waals surface area contributed by atoms with E-state index in [0.29, 0.717) is 11.8 Å². The van der Waals surface area contributed by atoms with E-state index in [1.807, 2.05) is 0 Å². The number of alkyl carbamates (subject to hydrolysis) is 1. The number of carbonyl (C=O) groups excluding carboxylic acids is 2. The third-order valence-electron chi connectivity index (χ3n) is 3.78. The summed E-state index contributed by atoms with van der Waals surface area (Å²) in [5.41, 5.74) is -1.60. The molecule has 3 atom stereocenters. The van der Waals surface area contributed by atoms with Crippen LogP contribution in [0.5, 0.6) is 0 Å². The molecule has 132 valence electrons. The van der Waals surface area contributed by atoms with Crippen LogP contribution in [0, 0.1) is 0 Å². The van der Waals surface area contributed by atoms with Crippen LogP contribution in [0.3, 0.4) is 0 Å². The van der Waals surface area contributed by atoms with E-state index in [0.717, 1.165) is 10.7 Å². The van der Waals surface area contributed by atoms with Gasteiger partial charge in [0.25, 0.3) is 0 Å². The highest BCUT2D eigenvalue weighted by Gasteiger charge is 2.71. The van der Waals surface area contributed by atoms with Gasteiger partial charge in [0.1, 0.15) is 22.7 Å². The fourth-order valence-corrected chi connectivity index (χ4v) is 4.93. The van der Waals surface area contributed by atoms with Crippen LogP contribution < -0.4 is 5.32 Å². The van der Waals surface area contributed by atoms with Gasteiger partial charge in [-0.15, -0.1) is 0 Å². The molecule has 1 aromatic rings. The van der Waals surface area contributed by atoms with Crippen molar-refractivity contribution in [2.75, 3.05) is 6.26 Å². The fraction of sp³-hybridized carbons (Fsp3) is 0.500. The third-order valence-corrected chi connectivity index (χ3v) is 5.90. The van der Waals surface area contributed by atoms with Crippen LogP contribution in [0.25, 0.3) is 0 Å². The molecule has 1 N–H and O–H groups in total. The minimum absolute atomic E-state index is 0.495. The summed E-state index contributed by atoms with van der Waals surface area (Å²) in [6.07, 6.45) is 0.740. The van der Waals surface area contributed by atoms with Crippen molar-refractivity contribution < 1.29 is 22.7 Å². The van der Waals surface area contributed by atoms with Crippen LogP contribution in [0.2, 0.25) is 0 Å². The Morgan fingerprint density at radius 1 is 1.29 bits per heavy atom. The van der Waals surface area contributed by atoms with E-state index < -0.39 is 38.2 Å². The van der Waals surface area contributed by atoms with Crippen molar-refractivity contribution in [1.29, 1.82) is 0 Å². The summed E-state index contributed by atoms with van der Waals surface area (Å²) in [5.74, 6) is -0.648. The molecule has 0 heterocycles. The Morgan fingerprint density at radius 2 is 1.83 bits per heavy atom. The van der Waals surface area contributed by atoms with Crippen molar-refractivity contribution in [3.05, 3.63) is 34.3 Å². The molecule has 0 aromatic heterocycles. The molecule has 1 aromatic carbocycles. The predicted molar refractivity (Wildman–Crippen MR) is 93.7 cm³/mol. The van der Waals surface area contributed by atoms with Crippen LogP contribution in [-0.4, -0.2) is 43.4 Å². The van der Waals surface area contributed by atoms with E-state index >= 15 is 0 Å². The van der Waals surface area contributed by atoms with E-state index in [1.54, 1.807) is 45.0 Å². The maximum atomic E-state index is 12.1. The molecule has 1 fully saturated rings. The molecule has 0 saturated heterocycles. The van der Waals surface area contributed by atoms with Gasteiger partial charge in [0.15, 0.2) is 9.84 Å². The van der Waals surface area contributed by atoms with Crippen LogP contribution in [0.1, 0.15) is 32.3 Å².